The molecule has 164 valence electrons. The molecule has 1 fully saturated rings. The molecule has 2 aromatic heterocycles. The van der Waals surface area contributed by atoms with Gasteiger partial charge in [0.05, 0.1) is 18.3 Å². The van der Waals surface area contributed by atoms with Crippen LogP contribution in [0.15, 0.2) is 46.9 Å². The molecule has 1 unspecified atom stereocenters. The van der Waals surface area contributed by atoms with Gasteiger partial charge in [-0.3, -0.25) is 9.58 Å². The molecule has 3 aromatic rings. The second-order valence-corrected chi connectivity index (χ2v) is 8.33. The van der Waals surface area contributed by atoms with Crippen molar-refractivity contribution in [2.75, 3.05) is 25.0 Å². The zero-order valence-electron chi connectivity index (χ0n) is 18.5. The molecular weight excluding hydrogens is 390 g/mol. The Labute approximate surface area is 183 Å². The molecular formula is C24H31N5O2. The molecule has 4 rings (SSSR count). The van der Waals surface area contributed by atoms with Crippen molar-refractivity contribution in [1.82, 2.24) is 20.0 Å². The van der Waals surface area contributed by atoms with Gasteiger partial charge in [-0.25, -0.2) is 4.79 Å². The Morgan fingerprint density at radius 3 is 2.61 bits per heavy atom. The van der Waals surface area contributed by atoms with Crippen LogP contribution in [0.1, 0.15) is 47.4 Å². The summed E-state index contributed by atoms with van der Waals surface area (Å²) in [4.78, 5) is 15.0. The fourth-order valence-corrected chi connectivity index (χ4v) is 4.22. The quantitative estimate of drug-likeness (QED) is 0.593. The first-order valence-corrected chi connectivity index (χ1v) is 10.9. The minimum absolute atomic E-state index is 0.0549. The Morgan fingerprint density at radius 1 is 1.13 bits per heavy atom. The van der Waals surface area contributed by atoms with Crippen LogP contribution in [0.3, 0.4) is 0 Å². The van der Waals surface area contributed by atoms with Crippen LogP contribution in [0.5, 0.6) is 0 Å². The fraction of sp³-hybridized carbons (Fsp3) is 0.417. The van der Waals surface area contributed by atoms with Gasteiger partial charge in [-0.2, -0.15) is 5.10 Å². The van der Waals surface area contributed by atoms with Crippen molar-refractivity contribution in [3.63, 3.8) is 0 Å². The van der Waals surface area contributed by atoms with E-state index in [9.17, 15) is 4.79 Å². The van der Waals surface area contributed by atoms with E-state index >= 15 is 0 Å². The van der Waals surface area contributed by atoms with E-state index in [2.05, 4.69) is 26.7 Å². The van der Waals surface area contributed by atoms with Crippen molar-refractivity contribution in [2.24, 2.45) is 0 Å². The van der Waals surface area contributed by atoms with Gasteiger partial charge in [0.1, 0.15) is 11.5 Å². The molecule has 3 heterocycles. The van der Waals surface area contributed by atoms with Gasteiger partial charge in [0.25, 0.3) is 0 Å². The largest absolute Gasteiger partial charge is 0.465 e. The van der Waals surface area contributed by atoms with Crippen molar-refractivity contribution in [2.45, 2.75) is 46.2 Å². The highest BCUT2D eigenvalue weighted by Crippen LogP contribution is 2.26. The summed E-state index contributed by atoms with van der Waals surface area (Å²) in [5, 5.41) is 10.5. The van der Waals surface area contributed by atoms with E-state index in [1.165, 1.54) is 12.8 Å². The molecule has 1 aromatic carbocycles. The van der Waals surface area contributed by atoms with Crippen LogP contribution in [-0.2, 0) is 6.54 Å². The van der Waals surface area contributed by atoms with Crippen molar-refractivity contribution in [1.29, 1.82) is 0 Å². The van der Waals surface area contributed by atoms with Gasteiger partial charge in [-0.15, -0.1) is 0 Å². The Morgan fingerprint density at radius 2 is 1.94 bits per heavy atom. The molecule has 1 saturated heterocycles. The minimum atomic E-state index is -0.212. The summed E-state index contributed by atoms with van der Waals surface area (Å²) in [5.41, 5.74) is 3.98. The number of carbonyl (C=O) groups is 1. The number of urea groups is 1. The van der Waals surface area contributed by atoms with E-state index < -0.39 is 0 Å². The number of nitrogens with zero attached hydrogens (tertiary/aromatic N) is 3. The lowest BCUT2D eigenvalue weighted by Gasteiger charge is -2.26. The SMILES string of the molecule is Cc1cc(C)n(Cc2cccc(NC(=O)NCC(c3ccc(C)o3)N3CCCC3)c2)n1. The number of hydrogen-bond donors (Lipinski definition) is 2. The Balaban J connectivity index is 1.37. The Hall–Kier alpha value is -3.06. The van der Waals surface area contributed by atoms with Crippen molar-refractivity contribution in [3.05, 3.63) is 70.9 Å². The van der Waals surface area contributed by atoms with Crippen LogP contribution in [0, 0.1) is 20.8 Å². The third kappa shape index (κ3) is 5.35. The zero-order chi connectivity index (χ0) is 21.8. The smallest absolute Gasteiger partial charge is 0.319 e. The predicted octanol–water partition coefficient (Wildman–Crippen LogP) is 4.41. The molecule has 2 N–H and O–H groups in total. The highest BCUT2D eigenvalue weighted by Gasteiger charge is 2.26. The normalized spacial score (nSPS) is 15.2. The number of rotatable bonds is 7. The lowest BCUT2D eigenvalue weighted by Crippen LogP contribution is -2.38. The van der Waals surface area contributed by atoms with E-state index in [0.717, 1.165) is 47.2 Å². The second-order valence-electron chi connectivity index (χ2n) is 8.33. The topological polar surface area (TPSA) is 75.3 Å². The van der Waals surface area contributed by atoms with Crippen LogP contribution in [0.25, 0.3) is 0 Å². The third-order valence-corrected chi connectivity index (χ3v) is 5.75. The predicted molar refractivity (Wildman–Crippen MR) is 121 cm³/mol. The number of anilines is 1. The van der Waals surface area contributed by atoms with Crippen molar-refractivity contribution < 1.29 is 9.21 Å². The van der Waals surface area contributed by atoms with Gasteiger partial charge < -0.3 is 15.1 Å². The lowest BCUT2D eigenvalue weighted by molar-refractivity contribution is 0.205. The number of carbonyl (C=O) groups excluding carboxylic acids is 1. The van der Waals surface area contributed by atoms with E-state index in [1.54, 1.807) is 0 Å². The van der Waals surface area contributed by atoms with E-state index in [0.29, 0.717) is 13.1 Å². The first-order valence-electron chi connectivity index (χ1n) is 10.9. The standard InChI is InChI=1S/C24H31N5O2/c1-17-13-18(2)29(27-17)16-20-7-6-8-21(14-20)26-24(30)25-15-22(28-11-4-5-12-28)23-10-9-19(3)31-23/h6-10,13-14,22H,4-5,11-12,15-16H2,1-3H3,(H2,25,26,30). The fourth-order valence-electron chi connectivity index (χ4n) is 4.22. The molecule has 7 nitrogen and oxygen atoms in total. The van der Waals surface area contributed by atoms with Crippen LogP contribution in [0.2, 0.25) is 0 Å². The number of benzene rings is 1. The van der Waals surface area contributed by atoms with Crippen LogP contribution < -0.4 is 10.6 Å². The summed E-state index contributed by atoms with van der Waals surface area (Å²) in [6.07, 6.45) is 2.37. The number of furan rings is 1. The average Bonchev–Trinajstić information content (AvgIpc) is 3.46. The molecule has 0 radical (unpaired) electrons. The minimum Gasteiger partial charge on any atom is -0.465 e. The molecule has 0 saturated carbocycles. The van der Waals surface area contributed by atoms with Gasteiger partial charge in [0, 0.05) is 17.9 Å². The van der Waals surface area contributed by atoms with Crippen molar-refractivity contribution in [3.8, 4) is 0 Å². The number of aryl methyl sites for hydroxylation is 3. The Kier molecular flexibility index (Phi) is 6.42. The first-order chi connectivity index (χ1) is 15.0. The highest BCUT2D eigenvalue weighted by molar-refractivity contribution is 5.89. The molecule has 1 atom stereocenters. The van der Waals surface area contributed by atoms with Gasteiger partial charge in [-0.05, 0) is 82.6 Å². The number of amides is 2. The van der Waals surface area contributed by atoms with Crippen molar-refractivity contribution >= 4 is 11.7 Å². The summed E-state index contributed by atoms with van der Waals surface area (Å²) in [6, 6.07) is 13.8. The van der Waals surface area contributed by atoms with E-state index in [4.69, 9.17) is 4.42 Å². The highest BCUT2D eigenvalue weighted by atomic mass is 16.3. The van der Waals surface area contributed by atoms with Crippen LogP contribution >= 0.6 is 0 Å². The van der Waals surface area contributed by atoms with Gasteiger partial charge >= 0.3 is 6.03 Å². The van der Waals surface area contributed by atoms with Gasteiger partial charge in [-0.1, -0.05) is 12.1 Å². The summed E-state index contributed by atoms with van der Waals surface area (Å²) in [6.45, 7) is 9.22. The molecule has 7 heteroatoms. The molecule has 2 amide bonds. The maximum absolute atomic E-state index is 12.6. The second kappa shape index (κ2) is 9.39. The zero-order valence-corrected chi connectivity index (χ0v) is 18.5. The Bertz CT molecular complexity index is 1030. The maximum atomic E-state index is 12.6. The number of likely N-dealkylation sites (tertiary alicyclic amines) is 1. The molecule has 0 aliphatic carbocycles. The first kappa shape index (κ1) is 21.2. The van der Waals surface area contributed by atoms with E-state index in [1.807, 2.05) is 61.9 Å². The summed E-state index contributed by atoms with van der Waals surface area (Å²) in [5.74, 6) is 1.80. The molecule has 0 bridgehead atoms. The maximum Gasteiger partial charge on any atom is 0.319 e. The molecule has 31 heavy (non-hydrogen) atoms. The van der Waals surface area contributed by atoms with Gasteiger partial charge in [0.15, 0.2) is 0 Å². The van der Waals surface area contributed by atoms with E-state index in [-0.39, 0.29) is 12.1 Å². The monoisotopic (exact) mass is 421 g/mol. The lowest BCUT2D eigenvalue weighted by atomic mass is 10.2. The molecule has 1 aliphatic rings. The summed E-state index contributed by atoms with van der Waals surface area (Å²) >= 11 is 0. The van der Waals surface area contributed by atoms with Gasteiger partial charge in [0.2, 0.25) is 0 Å². The molecule has 1 aliphatic heterocycles. The number of aromatic nitrogens is 2. The third-order valence-electron chi connectivity index (χ3n) is 5.75. The molecule has 0 spiro atoms. The number of nitrogens with one attached hydrogen (secondary N) is 2. The number of hydrogen-bond acceptors (Lipinski definition) is 4. The van der Waals surface area contributed by atoms with Crippen LogP contribution in [-0.4, -0.2) is 40.3 Å². The summed E-state index contributed by atoms with van der Waals surface area (Å²) < 4.78 is 7.84. The average molecular weight is 422 g/mol. The summed E-state index contributed by atoms with van der Waals surface area (Å²) in [7, 11) is 0. The van der Waals surface area contributed by atoms with Crippen LogP contribution in [0.4, 0.5) is 10.5 Å².